The third-order valence-electron chi connectivity index (χ3n) is 3.49. The molecule has 0 spiro atoms. The summed E-state index contributed by atoms with van der Waals surface area (Å²) >= 11 is 0. The molecule has 94 valence electrons. The van der Waals surface area contributed by atoms with E-state index in [1.807, 2.05) is 6.26 Å². The van der Waals surface area contributed by atoms with Gasteiger partial charge in [0.05, 0.1) is 6.26 Å². The monoisotopic (exact) mass is 235 g/mol. The number of furan rings is 1. The highest BCUT2D eigenvalue weighted by Gasteiger charge is 2.21. The molecule has 0 amide bonds. The minimum Gasteiger partial charge on any atom is -0.467 e. The average Bonchev–Trinajstić information content (AvgIpc) is 3.24. The molecule has 0 saturated heterocycles. The molecule has 3 rings (SSSR count). The van der Waals surface area contributed by atoms with Crippen LogP contribution >= 0.6 is 0 Å². The molecule has 0 radical (unpaired) electrons. The minimum absolute atomic E-state index is 0.621. The first-order chi connectivity index (χ1) is 8.40. The lowest BCUT2D eigenvalue weighted by atomic mass is 10.3. The van der Waals surface area contributed by atoms with E-state index in [-0.39, 0.29) is 0 Å². The summed E-state index contributed by atoms with van der Waals surface area (Å²) in [5.74, 6) is 1.90. The standard InChI is InChI=1S/C14H21NO2/c1-2-11(1)5-6-16-10-14-7-12(9-17-14)8-15-13-3-4-13/h7,9,11,13,15H,1-6,8,10H2. The van der Waals surface area contributed by atoms with Crippen LogP contribution < -0.4 is 5.32 Å². The van der Waals surface area contributed by atoms with E-state index in [9.17, 15) is 0 Å². The van der Waals surface area contributed by atoms with Crippen molar-refractivity contribution in [2.75, 3.05) is 6.61 Å². The Balaban J connectivity index is 1.33. The van der Waals surface area contributed by atoms with Crippen molar-refractivity contribution in [2.45, 2.75) is 51.3 Å². The van der Waals surface area contributed by atoms with Crippen molar-refractivity contribution < 1.29 is 9.15 Å². The normalized spacial score (nSPS) is 19.8. The van der Waals surface area contributed by atoms with Crippen molar-refractivity contribution in [3.8, 4) is 0 Å². The Morgan fingerprint density at radius 3 is 2.94 bits per heavy atom. The number of ether oxygens (including phenoxy) is 1. The highest BCUT2D eigenvalue weighted by molar-refractivity contribution is 5.12. The van der Waals surface area contributed by atoms with Gasteiger partial charge in [0.2, 0.25) is 0 Å². The van der Waals surface area contributed by atoms with Gasteiger partial charge in [-0.05, 0) is 31.2 Å². The number of hydrogen-bond donors (Lipinski definition) is 1. The van der Waals surface area contributed by atoms with E-state index in [4.69, 9.17) is 9.15 Å². The van der Waals surface area contributed by atoms with Crippen molar-refractivity contribution in [1.29, 1.82) is 0 Å². The summed E-state index contributed by atoms with van der Waals surface area (Å²) in [4.78, 5) is 0. The summed E-state index contributed by atoms with van der Waals surface area (Å²) in [6.45, 7) is 2.42. The van der Waals surface area contributed by atoms with E-state index in [0.29, 0.717) is 6.61 Å². The summed E-state index contributed by atoms with van der Waals surface area (Å²) in [7, 11) is 0. The second-order valence-corrected chi connectivity index (χ2v) is 5.36. The largest absolute Gasteiger partial charge is 0.467 e. The van der Waals surface area contributed by atoms with Gasteiger partial charge in [-0.3, -0.25) is 0 Å². The van der Waals surface area contributed by atoms with E-state index in [0.717, 1.165) is 30.9 Å². The molecule has 0 aliphatic heterocycles. The smallest absolute Gasteiger partial charge is 0.129 e. The number of hydrogen-bond acceptors (Lipinski definition) is 3. The molecule has 2 saturated carbocycles. The van der Waals surface area contributed by atoms with Crippen molar-refractivity contribution >= 4 is 0 Å². The van der Waals surface area contributed by atoms with Gasteiger partial charge in [0.1, 0.15) is 12.4 Å². The molecule has 2 aliphatic rings. The van der Waals surface area contributed by atoms with Gasteiger partial charge < -0.3 is 14.5 Å². The van der Waals surface area contributed by atoms with Crippen LogP contribution in [0.4, 0.5) is 0 Å². The Morgan fingerprint density at radius 1 is 1.29 bits per heavy atom. The highest BCUT2D eigenvalue weighted by Crippen LogP contribution is 2.32. The van der Waals surface area contributed by atoms with E-state index >= 15 is 0 Å². The molecule has 0 unspecified atom stereocenters. The third kappa shape index (κ3) is 3.86. The lowest BCUT2D eigenvalue weighted by Gasteiger charge is -2.00. The summed E-state index contributed by atoms with van der Waals surface area (Å²) < 4.78 is 11.1. The van der Waals surface area contributed by atoms with Gasteiger partial charge in [0.15, 0.2) is 0 Å². The molecule has 3 heteroatoms. The maximum absolute atomic E-state index is 5.61. The SMILES string of the molecule is c1oc(COCCC2CC2)cc1CNC1CC1. The van der Waals surface area contributed by atoms with E-state index < -0.39 is 0 Å². The number of rotatable bonds is 8. The Bertz CT molecular complexity index is 353. The van der Waals surface area contributed by atoms with E-state index in [1.165, 1.54) is 37.7 Å². The van der Waals surface area contributed by atoms with Gasteiger partial charge in [-0.25, -0.2) is 0 Å². The molecular formula is C14H21NO2. The second-order valence-electron chi connectivity index (χ2n) is 5.36. The van der Waals surface area contributed by atoms with Gasteiger partial charge in [-0.1, -0.05) is 12.8 Å². The van der Waals surface area contributed by atoms with Crippen LogP contribution in [0, 0.1) is 5.92 Å². The molecule has 3 nitrogen and oxygen atoms in total. The van der Waals surface area contributed by atoms with Crippen molar-refractivity contribution in [1.82, 2.24) is 5.32 Å². The maximum Gasteiger partial charge on any atom is 0.129 e. The number of nitrogens with one attached hydrogen (secondary N) is 1. The molecule has 17 heavy (non-hydrogen) atoms. The lowest BCUT2D eigenvalue weighted by molar-refractivity contribution is 0.101. The predicted molar refractivity (Wildman–Crippen MR) is 65.6 cm³/mol. The van der Waals surface area contributed by atoms with Crippen LogP contribution in [0.25, 0.3) is 0 Å². The van der Waals surface area contributed by atoms with Crippen LogP contribution in [0.2, 0.25) is 0 Å². The minimum atomic E-state index is 0.621. The highest BCUT2D eigenvalue weighted by atomic mass is 16.5. The van der Waals surface area contributed by atoms with Gasteiger partial charge in [0, 0.05) is 24.8 Å². The summed E-state index contributed by atoms with van der Waals surface area (Å²) in [5.41, 5.74) is 1.23. The zero-order valence-electron chi connectivity index (χ0n) is 10.3. The fraction of sp³-hybridized carbons (Fsp3) is 0.714. The van der Waals surface area contributed by atoms with Crippen LogP contribution in [-0.4, -0.2) is 12.6 Å². The van der Waals surface area contributed by atoms with Crippen LogP contribution in [0.5, 0.6) is 0 Å². The van der Waals surface area contributed by atoms with Gasteiger partial charge >= 0.3 is 0 Å². The summed E-state index contributed by atoms with van der Waals surface area (Å²) in [5, 5.41) is 3.48. The Morgan fingerprint density at radius 2 is 2.18 bits per heavy atom. The fourth-order valence-corrected chi connectivity index (χ4v) is 1.97. The quantitative estimate of drug-likeness (QED) is 0.704. The molecule has 0 aromatic carbocycles. The van der Waals surface area contributed by atoms with Crippen LogP contribution in [0.15, 0.2) is 16.7 Å². The Kier molecular flexibility index (Phi) is 3.48. The predicted octanol–water partition coefficient (Wildman–Crippen LogP) is 2.85. The average molecular weight is 235 g/mol. The summed E-state index contributed by atoms with van der Waals surface area (Å²) in [6, 6.07) is 2.86. The van der Waals surface area contributed by atoms with Crippen LogP contribution in [-0.2, 0) is 17.9 Å². The van der Waals surface area contributed by atoms with Crippen molar-refractivity contribution in [2.24, 2.45) is 5.92 Å². The Hall–Kier alpha value is -0.800. The molecule has 1 N–H and O–H groups in total. The molecule has 1 aromatic rings. The first-order valence-electron chi connectivity index (χ1n) is 6.77. The first-order valence-corrected chi connectivity index (χ1v) is 6.77. The molecule has 0 bridgehead atoms. The second kappa shape index (κ2) is 5.23. The summed E-state index contributed by atoms with van der Waals surface area (Å²) in [6.07, 6.45) is 8.53. The molecule has 0 atom stereocenters. The van der Waals surface area contributed by atoms with Gasteiger partial charge in [-0.15, -0.1) is 0 Å². The molecule has 2 aliphatic carbocycles. The van der Waals surface area contributed by atoms with Gasteiger partial charge in [0.25, 0.3) is 0 Å². The van der Waals surface area contributed by atoms with E-state index in [2.05, 4.69) is 11.4 Å². The van der Waals surface area contributed by atoms with Crippen molar-refractivity contribution in [3.63, 3.8) is 0 Å². The first kappa shape index (κ1) is 11.3. The van der Waals surface area contributed by atoms with E-state index in [1.54, 1.807) is 0 Å². The molecule has 2 fully saturated rings. The lowest BCUT2D eigenvalue weighted by Crippen LogP contribution is -2.14. The fourth-order valence-electron chi connectivity index (χ4n) is 1.97. The third-order valence-corrected chi connectivity index (χ3v) is 3.49. The molecule has 1 heterocycles. The molecule has 1 aromatic heterocycles. The topological polar surface area (TPSA) is 34.4 Å². The van der Waals surface area contributed by atoms with Crippen molar-refractivity contribution in [3.05, 3.63) is 23.7 Å². The zero-order valence-corrected chi connectivity index (χ0v) is 10.3. The molecular weight excluding hydrogens is 214 g/mol. The van der Waals surface area contributed by atoms with Crippen LogP contribution in [0.1, 0.15) is 43.4 Å². The van der Waals surface area contributed by atoms with Crippen LogP contribution in [0.3, 0.4) is 0 Å². The maximum atomic E-state index is 5.61. The van der Waals surface area contributed by atoms with Gasteiger partial charge in [-0.2, -0.15) is 0 Å². The Labute approximate surface area is 103 Å². The zero-order chi connectivity index (χ0) is 11.5.